The third-order valence-corrected chi connectivity index (χ3v) is 2.65. The van der Waals surface area contributed by atoms with Gasteiger partial charge in [-0.1, -0.05) is 11.8 Å². The third-order valence-electron chi connectivity index (χ3n) is 1.72. The second kappa shape index (κ2) is 15.6. The second-order valence-electron chi connectivity index (χ2n) is 3.20. The molecule has 0 rings (SSSR count). The summed E-state index contributed by atoms with van der Waals surface area (Å²) in [5.41, 5.74) is 0. The van der Waals surface area contributed by atoms with Gasteiger partial charge in [0, 0.05) is 18.1 Å². The van der Waals surface area contributed by atoms with Crippen molar-refractivity contribution in [3.05, 3.63) is 0 Å². The number of aliphatic carboxylic acids is 3. The number of rotatable bonds is 7. The summed E-state index contributed by atoms with van der Waals surface area (Å²) < 4.78 is 0. The number of carboxylic acid groups (broad SMARTS) is 3. The molecule has 0 aromatic carbocycles. The zero-order chi connectivity index (χ0) is 15.0. The molecule has 0 saturated heterocycles. The fraction of sp³-hybridized carbons (Fsp3) is 0.444. The first kappa shape index (κ1) is 29.7. The first-order valence-electron chi connectivity index (χ1n) is 4.82. The predicted octanol–water partition coefficient (Wildman–Crippen LogP) is -14.2. The molecule has 0 saturated carbocycles. The van der Waals surface area contributed by atoms with Crippen LogP contribution in [0.1, 0.15) is 12.8 Å². The van der Waals surface area contributed by atoms with Gasteiger partial charge >= 0.3 is 56.6 Å². The maximum absolute atomic E-state index is 11.1. The van der Waals surface area contributed by atoms with E-state index in [2.05, 4.69) is 0 Å². The van der Waals surface area contributed by atoms with Crippen LogP contribution in [0.25, 0.3) is 0 Å². The van der Waals surface area contributed by atoms with Crippen LogP contribution in [-0.4, -0.2) is 40.7 Å². The molecule has 0 unspecified atom stereocenters. The van der Waals surface area contributed by atoms with Crippen LogP contribution in [0.3, 0.4) is 0 Å². The van der Waals surface area contributed by atoms with Gasteiger partial charge in [-0.25, -0.2) is 0 Å². The van der Waals surface area contributed by atoms with Crippen molar-refractivity contribution in [3.8, 4) is 0 Å². The molecule has 0 fully saturated rings. The van der Waals surface area contributed by atoms with Gasteiger partial charge in [0.15, 0.2) is 0 Å². The first-order valence-corrected chi connectivity index (χ1v) is 5.80. The van der Waals surface area contributed by atoms with E-state index in [0.29, 0.717) is 0 Å². The number of carbonyl (C=O) groups is 5. The van der Waals surface area contributed by atoms with Gasteiger partial charge in [0.1, 0.15) is 5.97 Å². The average Bonchev–Trinajstić information content (AvgIpc) is 2.30. The van der Waals surface area contributed by atoms with Gasteiger partial charge in [-0.05, 0) is 6.42 Å². The largest absolute Gasteiger partial charge is 1.00 e. The first-order chi connectivity index (χ1) is 8.73. The van der Waals surface area contributed by atoms with Crippen LogP contribution in [0, 0.1) is 0 Å². The molecule has 1 amide bonds. The number of hydrogen-bond donors (Lipinski definition) is 1. The second-order valence-corrected chi connectivity index (χ2v) is 4.19. The van der Waals surface area contributed by atoms with Gasteiger partial charge in [0.2, 0.25) is 11.0 Å². The summed E-state index contributed by atoms with van der Waals surface area (Å²) in [6.45, 7) is 0. The van der Waals surface area contributed by atoms with Crippen molar-refractivity contribution < 1.29 is 95.9 Å². The van der Waals surface area contributed by atoms with E-state index in [9.17, 15) is 39.3 Å². The van der Waals surface area contributed by atoms with Gasteiger partial charge in [-0.15, -0.1) is 0 Å². The molecule has 0 aliphatic heterocycles. The van der Waals surface area contributed by atoms with E-state index in [-0.39, 0.29) is 68.3 Å². The van der Waals surface area contributed by atoms with Crippen molar-refractivity contribution in [1.29, 1.82) is 0 Å². The van der Waals surface area contributed by atoms with E-state index < -0.39 is 53.6 Å². The minimum absolute atomic E-state index is 0. The van der Waals surface area contributed by atoms with E-state index in [0.717, 1.165) is 0 Å². The summed E-state index contributed by atoms with van der Waals surface area (Å²) in [6, 6.07) is -1.62. The molecular weight excluding hydrogens is 303 g/mol. The maximum atomic E-state index is 11.1. The molecule has 13 heteroatoms. The van der Waals surface area contributed by atoms with Gasteiger partial charge in [-0.2, -0.15) is 0 Å². The van der Waals surface area contributed by atoms with Crippen molar-refractivity contribution >= 4 is 40.7 Å². The van der Waals surface area contributed by atoms with Crippen LogP contribution in [-0.2, 0) is 24.0 Å². The van der Waals surface area contributed by atoms with Crippen molar-refractivity contribution in [3.63, 3.8) is 0 Å². The van der Waals surface area contributed by atoms with Crippen LogP contribution < -0.4 is 77.2 Å². The normalized spacial score (nSPS) is 9.82. The number of nitrogens with one attached hydrogen (secondary N) is 1. The maximum Gasteiger partial charge on any atom is 1.00 e. The number of thioether (sulfide) groups is 1. The van der Waals surface area contributed by atoms with Crippen LogP contribution >= 0.6 is 11.8 Å². The number of amides is 1. The topological polar surface area (TPSA) is 167 Å². The van der Waals surface area contributed by atoms with Crippen LogP contribution in [0.15, 0.2) is 0 Å². The Labute approximate surface area is 165 Å². The molecule has 22 heavy (non-hydrogen) atoms. The van der Waals surface area contributed by atoms with Gasteiger partial charge in [0.25, 0.3) is 0 Å². The number of carbonyl (C=O) groups excluding carboxylic acids is 5. The average molecular weight is 311 g/mol. The molecule has 0 bridgehead atoms. The molecule has 1 atom stereocenters. The predicted molar refractivity (Wildman–Crippen MR) is 53.7 cm³/mol. The molecule has 0 radical (unpaired) electrons. The Morgan fingerprint density at radius 3 is 1.77 bits per heavy atom. The monoisotopic (exact) mass is 311 g/mol. The summed E-state index contributed by atoms with van der Waals surface area (Å²) in [5.74, 6) is -6.70. The molecule has 0 heterocycles. The summed E-state index contributed by atoms with van der Waals surface area (Å²) >= 11 is 0.122. The van der Waals surface area contributed by atoms with E-state index in [4.69, 9.17) is 0 Å². The van der Waals surface area contributed by atoms with Gasteiger partial charge < -0.3 is 35.0 Å². The Morgan fingerprint density at radius 1 is 0.909 bits per heavy atom. The van der Waals surface area contributed by atoms with E-state index in [1.807, 2.05) is 5.32 Å². The smallest absolute Gasteiger partial charge is 0.550 e. The number of carboxylic acids is 3. The van der Waals surface area contributed by atoms with Crippen LogP contribution in [0.2, 0.25) is 0 Å². The molecule has 0 spiro atoms. The summed E-state index contributed by atoms with van der Waals surface area (Å²) in [4.78, 5) is 52.5. The quantitative estimate of drug-likeness (QED) is 0.354. The standard InChI is InChI=1S/C9H11NO8S.3Li/c11-5(1-2-6(12)13)10-4(7(14)15)3-19-9(18)8(16)17;;;/h4H,1-3H2,(H,10,11)(H,12,13)(H,14,15)(H,16,17);;;/q;3*+1/p-3/t4-;;;/m0.../s1. The summed E-state index contributed by atoms with van der Waals surface area (Å²) in [6.07, 6.45) is -1.11. The molecule has 0 aromatic heterocycles. The SMILES string of the molecule is O=C([O-])CCC(=O)N[C@@H](CSC(=O)C(=O)[O-])C(=O)[O-].[Li+].[Li+].[Li+]. The van der Waals surface area contributed by atoms with Gasteiger partial charge in [0.05, 0.1) is 12.0 Å². The van der Waals surface area contributed by atoms with E-state index in [1.165, 1.54) is 0 Å². The third kappa shape index (κ3) is 14.6. The number of hydrogen-bond acceptors (Lipinski definition) is 9. The Morgan fingerprint density at radius 2 is 1.41 bits per heavy atom. The molecule has 9 nitrogen and oxygen atoms in total. The van der Waals surface area contributed by atoms with Crippen molar-refractivity contribution in [1.82, 2.24) is 5.32 Å². The summed E-state index contributed by atoms with van der Waals surface area (Å²) in [5, 5.41) is 31.3. The Balaban J connectivity index is -0.000000540. The zero-order valence-electron chi connectivity index (χ0n) is 12.4. The van der Waals surface area contributed by atoms with E-state index in [1.54, 1.807) is 0 Å². The fourth-order valence-corrected chi connectivity index (χ4v) is 1.52. The Hall–Kier alpha value is -0.308. The van der Waals surface area contributed by atoms with Crippen molar-refractivity contribution in [2.24, 2.45) is 0 Å². The molecule has 0 aliphatic carbocycles. The van der Waals surface area contributed by atoms with E-state index >= 15 is 0 Å². The summed E-state index contributed by atoms with van der Waals surface area (Å²) in [7, 11) is 0. The zero-order valence-corrected chi connectivity index (χ0v) is 13.2. The molecule has 1 N–H and O–H groups in total. The molecular formula is C9H8Li3NO8S. The van der Waals surface area contributed by atoms with Crippen molar-refractivity contribution in [2.45, 2.75) is 18.9 Å². The minimum Gasteiger partial charge on any atom is -0.550 e. The van der Waals surface area contributed by atoms with Gasteiger partial charge in [-0.3, -0.25) is 9.59 Å². The fourth-order valence-electron chi connectivity index (χ4n) is 0.869. The van der Waals surface area contributed by atoms with Crippen LogP contribution in [0.5, 0.6) is 0 Å². The Kier molecular flexibility index (Phi) is 21.0. The van der Waals surface area contributed by atoms with Crippen LogP contribution in [0.4, 0.5) is 0 Å². The minimum atomic E-state index is -2.00. The molecule has 106 valence electrons. The van der Waals surface area contributed by atoms with Crippen molar-refractivity contribution in [2.75, 3.05) is 5.75 Å². The molecule has 0 aromatic rings. The Bertz CT molecular complexity index is 420. The molecule has 0 aliphatic rings.